The maximum Gasteiger partial charge on any atom is 0.0136 e. The first-order chi connectivity index (χ1) is 6.92. The summed E-state index contributed by atoms with van der Waals surface area (Å²) < 4.78 is 0. The second-order valence-corrected chi connectivity index (χ2v) is 5.02. The van der Waals surface area contributed by atoms with Gasteiger partial charge in [-0.05, 0) is 50.6 Å². The van der Waals surface area contributed by atoms with Gasteiger partial charge in [-0.3, -0.25) is 0 Å². The summed E-state index contributed by atoms with van der Waals surface area (Å²) in [7, 11) is 0. The molecule has 1 saturated carbocycles. The Kier molecular flexibility index (Phi) is 3.82. The predicted octanol–water partition coefficient (Wildman–Crippen LogP) is 1.89. The topological polar surface area (TPSA) is 38.0 Å². The van der Waals surface area contributed by atoms with Gasteiger partial charge in [0, 0.05) is 6.04 Å². The van der Waals surface area contributed by atoms with Gasteiger partial charge in [0.2, 0.25) is 0 Å². The Bertz CT molecular complexity index is 164. The van der Waals surface area contributed by atoms with Crippen molar-refractivity contribution in [3.05, 3.63) is 0 Å². The highest BCUT2D eigenvalue weighted by Crippen LogP contribution is 2.32. The Labute approximate surface area is 87.6 Å². The zero-order valence-electron chi connectivity index (χ0n) is 9.17. The zero-order chi connectivity index (χ0) is 9.80. The average Bonchev–Trinajstić information content (AvgIpc) is 2.30. The standard InChI is InChI=1S/C12H24N2/c13-9-11-7-4-8-14-12(11)10-5-2-1-3-6-10/h10-12,14H,1-9,13H2/t11-,12-/m1/s1. The molecule has 0 aromatic rings. The summed E-state index contributed by atoms with van der Waals surface area (Å²) in [4.78, 5) is 0. The molecule has 2 fully saturated rings. The Morgan fingerprint density at radius 2 is 1.79 bits per heavy atom. The number of hydrogen-bond donors (Lipinski definition) is 2. The maximum atomic E-state index is 5.86. The summed E-state index contributed by atoms with van der Waals surface area (Å²) in [5, 5.41) is 3.71. The van der Waals surface area contributed by atoms with E-state index in [1.54, 1.807) is 0 Å². The minimum atomic E-state index is 0.744. The zero-order valence-corrected chi connectivity index (χ0v) is 9.17. The lowest BCUT2D eigenvalue weighted by molar-refractivity contribution is 0.175. The Morgan fingerprint density at radius 1 is 1.00 bits per heavy atom. The van der Waals surface area contributed by atoms with Gasteiger partial charge in [-0.1, -0.05) is 19.3 Å². The fourth-order valence-electron chi connectivity index (χ4n) is 3.29. The minimum absolute atomic E-state index is 0.744. The number of nitrogens with one attached hydrogen (secondary N) is 1. The Morgan fingerprint density at radius 3 is 2.50 bits per heavy atom. The van der Waals surface area contributed by atoms with E-state index >= 15 is 0 Å². The Hall–Kier alpha value is -0.0800. The van der Waals surface area contributed by atoms with Crippen LogP contribution in [0.4, 0.5) is 0 Å². The molecule has 2 rings (SSSR count). The van der Waals surface area contributed by atoms with E-state index in [1.165, 1.54) is 51.5 Å². The van der Waals surface area contributed by atoms with Crippen molar-refractivity contribution in [1.82, 2.24) is 5.32 Å². The van der Waals surface area contributed by atoms with E-state index in [2.05, 4.69) is 5.32 Å². The lowest BCUT2D eigenvalue weighted by Gasteiger charge is -2.39. The molecule has 1 heterocycles. The SMILES string of the molecule is NC[C@H]1CCCN[C@@H]1C1CCCCC1. The van der Waals surface area contributed by atoms with Crippen molar-refractivity contribution < 1.29 is 0 Å². The number of piperidine rings is 1. The van der Waals surface area contributed by atoms with Crippen LogP contribution in [0.2, 0.25) is 0 Å². The van der Waals surface area contributed by atoms with Gasteiger partial charge in [0.15, 0.2) is 0 Å². The van der Waals surface area contributed by atoms with Crippen molar-refractivity contribution >= 4 is 0 Å². The van der Waals surface area contributed by atoms with Crippen molar-refractivity contribution in [2.24, 2.45) is 17.6 Å². The summed E-state index contributed by atoms with van der Waals surface area (Å²) in [6, 6.07) is 0.744. The molecule has 14 heavy (non-hydrogen) atoms. The van der Waals surface area contributed by atoms with Crippen LogP contribution in [0.3, 0.4) is 0 Å². The monoisotopic (exact) mass is 196 g/mol. The molecule has 0 unspecified atom stereocenters. The molecule has 0 aromatic heterocycles. The fourth-order valence-corrected chi connectivity index (χ4v) is 3.29. The van der Waals surface area contributed by atoms with Gasteiger partial charge in [0.05, 0.1) is 0 Å². The molecule has 0 amide bonds. The molecule has 0 radical (unpaired) electrons. The summed E-state index contributed by atoms with van der Waals surface area (Å²) in [5.41, 5.74) is 5.86. The summed E-state index contributed by atoms with van der Waals surface area (Å²) in [6.45, 7) is 2.10. The molecular formula is C12H24N2. The second-order valence-electron chi connectivity index (χ2n) is 5.02. The van der Waals surface area contributed by atoms with Gasteiger partial charge in [-0.25, -0.2) is 0 Å². The second kappa shape index (κ2) is 5.13. The molecule has 2 heteroatoms. The van der Waals surface area contributed by atoms with Crippen LogP contribution in [0.5, 0.6) is 0 Å². The average molecular weight is 196 g/mol. The molecule has 2 atom stereocenters. The normalized spacial score (nSPS) is 35.8. The minimum Gasteiger partial charge on any atom is -0.330 e. The fraction of sp³-hybridized carbons (Fsp3) is 1.00. The van der Waals surface area contributed by atoms with Crippen LogP contribution in [0, 0.1) is 11.8 Å². The van der Waals surface area contributed by atoms with Crippen LogP contribution in [0.15, 0.2) is 0 Å². The lowest BCUT2D eigenvalue weighted by Crippen LogP contribution is -2.49. The predicted molar refractivity (Wildman–Crippen MR) is 60.1 cm³/mol. The molecule has 1 aliphatic heterocycles. The van der Waals surface area contributed by atoms with Gasteiger partial charge in [-0.15, -0.1) is 0 Å². The van der Waals surface area contributed by atoms with E-state index in [-0.39, 0.29) is 0 Å². The molecule has 0 bridgehead atoms. The molecule has 1 aliphatic carbocycles. The van der Waals surface area contributed by atoms with Crippen molar-refractivity contribution in [3.63, 3.8) is 0 Å². The van der Waals surface area contributed by atoms with Gasteiger partial charge in [0.25, 0.3) is 0 Å². The molecule has 2 nitrogen and oxygen atoms in total. The van der Waals surface area contributed by atoms with Crippen molar-refractivity contribution in [1.29, 1.82) is 0 Å². The highest BCUT2D eigenvalue weighted by Gasteiger charge is 2.31. The van der Waals surface area contributed by atoms with Crippen LogP contribution in [0.25, 0.3) is 0 Å². The molecule has 2 aliphatic rings. The van der Waals surface area contributed by atoms with E-state index < -0.39 is 0 Å². The number of hydrogen-bond acceptors (Lipinski definition) is 2. The maximum absolute atomic E-state index is 5.86. The van der Waals surface area contributed by atoms with Crippen LogP contribution in [0.1, 0.15) is 44.9 Å². The molecule has 82 valence electrons. The van der Waals surface area contributed by atoms with E-state index in [0.717, 1.165) is 24.4 Å². The third kappa shape index (κ3) is 2.29. The van der Waals surface area contributed by atoms with Gasteiger partial charge >= 0.3 is 0 Å². The van der Waals surface area contributed by atoms with Gasteiger partial charge < -0.3 is 11.1 Å². The number of rotatable bonds is 2. The van der Waals surface area contributed by atoms with Crippen molar-refractivity contribution in [2.75, 3.05) is 13.1 Å². The van der Waals surface area contributed by atoms with Crippen LogP contribution in [-0.4, -0.2) is 19.1 Å². The van der Waals surface area contributed by atoms with Gasteiger partial charge in [0.1, 0.15) is 0 Å². The molecule has 3 N–H and O–H groups in total. The molecule has 0 aromatic carbocycles. The summed E-state index contributed by atoms with van der Waals surface area (Å²) in [6.07, 6.45) is 9.90. The van der Waals surface area contributed by atoms with Crippen molar-refractivity contribution in [3.8, 4) is 0 Å². The van der Waals surface area contributed by atoms with Crippen LogP contribution < -0.4 is 11.1 Å². The van der Waals surface area contributed by atoms with E-state index in [4.69, 9.17) is 5.73 Å². The quantitative estimate of drug-likeness (QED) is 0.708. The first-order valence-electron chi connectivity index (χ1n) is 6.35. The van der Waals surface area contributed by atoms with E-state index in [0.29, 0.717) is 0 Å². The summed E-state index contributed by atoms with van der Waals surface area (Å²) in [5.74, 6) is 1.68. The van der Waals surface area contributed by atoms with Crippen LogP contribution in [-0.2, 0) is 0 Å². The highest BCUT2D eigenvalue weighted by atomic mass is 14.9. The first kappa shape index (κ1) is 10.4. The Balaban J connectivity index is 1.91. The summed E-state index contributed by atoms with van der Waals surface area (Å²) >= 11 is 0. The third-order valence-electron chi connectivity index (χ3n) is 4.10. The van der Waals surface area contributed by atoms with E-state index in [9.17, 15) is 0 Å². The third-order valence-corrected chi connectivity index (χ3v) is 4.10. The van der Waals surface area contributed by atoms with Gasteiger partial charge in [-0.2, -0.15) is 0 Å². The number of nitrogens with two attached hydrogens (primary N) is 1. The van der Waals surface area contributed by atoms with Crippen LogP contribution >= 0.6 is 0 Å². The molecule has 0 spiro atoms. The first-order valence-corrected chi connectivity index (χ1v) is 6.35. The van der Waals surface area contributed by atoms with E-state index in [1.807, 2.05) is 0 Å². The van der Waals surface area contributed by atoms with Crippen molar-refractivity contribution in [2.45, 2.75) is 51.0 Å². The molecule has 1 saturated heterocycles. The molecular weight excluding hydrogens is 172 g/mol. The smallest absolute Gasteiger partial charge is 0.0136 e. The lowest BCUT2D eigenvalue weighted by atomic mass is 9.76. The highest BCUT2D eigenvalue weighted by molar-refractivity contribution is 4.88. The largest absolute Gasteiger partial charge is 0.330 e.